The van der Waals surface area contributed by atoms with E-state index in [-0.39, 0.29) is 68.3 Å². The van der Waals surface area contributed by atoms with Gasteiger partial charge in [-0.05, 0) is 6.07 Å². The predicted octanol–water partition coefficient (Wildman–Crippen LogP) is 0.227. The van der Waals surface area contributed by atoms with Gasteiger partial charge in [-0.3, -0.25) is 10.1 Å². The molecule has 0 saturated carbocycles. The van der Waals surface area contributed by atoms with Crippen molar-refractivity contribution in [1.82, 2.24) is 0 Å². The SMILES string of the molecule is Nc1ccc([N+](=O)[O-])cc1C(=O)O.[KH]. The van der Waals surface area contributed by atoms with Crippen molar-refractivity contribution in [2.75, 3.05) is 5.73 Å². The predicted molar refractivity (Wildman–Crippen MR) is 51.6 cm³/mol. The van der Waals surface area contributed by atoms with Crippen LogP contribution in [-0.2, 0) is 0 Å². The maximum absolute atomic E-state index is 10.5. The Morgan fingerprint density at radius 2 is 2.07 bits per heavy atom. The summed E-state index contributed by atoms with van der Waals surface area (Å²) in [6, 6.07) is 3.28. The second-order valence-electron chi connectivity index (χ2n) is 2.33. The van der Waals surface area contributed by atoms with E-state index in [0.717, 1.165) is 12.1 Å². The fourth-order valence-corrected chi connectivity index (χ4v) is 0.843. The molecule has 0 unspecified atom stereocenters. The summed E-state index contributed by atoms with van der Waals surface area (Å²) in [5, 5.41) is 18.8. The molecule has 14 heavy (non-hydrogen) atoms. The molecule has 6 nitrogen and oxygen atoms in total. The van der Waals surface area contributed by atoms with E-state index in [0.29, 0.717) is 0 Å². The number of nitrogens with zero attached hydrogens (tertiary/aromatic N) is 1. The van der Waals surface area contributed by atoms with E-state index < -0.39 is 10.9 Å². The molecule has 1 aromatic rings. The first-order chi connectivity index (χ1) is 6.02. The van der Waals surface area contributed by atoms with Crippen LogP contribution in [0.15, 0.2) is 18.2 Å². The molecule has 0 fully saturated rings. The van der Waals surface area contributed by atoms with Crippen LogP contribution in [0.4, 0.5) is 11.4 Å². The van der Waals surface area contributed by atoms with Crippen LogP contribution in [0.1, 0.15) is 10.4 Å². The summed E-state index contributed by atoms with van der Waals surface area (Å²) in [4.78, 5) is 20.1. The molecular weight excluding hydrogens is 215 g/mol. The van der Waals surface area contributed by atoms with Crippen molar-refractivity contribution in [3.8, 4) is 0 Å². The molecule has 0 aliphatic rings. The van der Waals surface area contributed by atoms with Crippen LogP contribution in [0.25, 0.3) is 0 Å². The minimum absolute atomic E-state index is 0. The van der Waals surface area contributed by atoms with Gasteiger partial charge in [0.05, 0.1) is 10.5 Å². The number of rotatable bonds is 2. The van der Waals surface area contributed by atoms with E-state index in [1.165, 1.54) is 6.07 Å². The summed E-state index contributed by atoms with van der Waals surface area (Å²) >= 11 is 0. The van der Waals surface area contributed by atoms with Crippen molar-refractivity contribution in [3.05, 3.63) is 33.9 Å². The third-order valence-corrected chi connectivity index (χ3v) is 1.48. The molecule has 0 bridgehead atoms. The normalized spacial score (nSPS) is 8.86. The fraction of sp³-hybridized carbons (Fsp3) is 0. The zero-order valence-electron chi connectivity index (χ0n) is 6.43. The van der Waals surface area contributed by atoms with Gasteiger partial charge >= 0.3 is 57.4 Å². The molecule has 1 rings (SSSR count). The number of nitro groups is 1. The van der Waals surface area contributed by atoms with Crippen LogP contribution in [0.2, 0.25) is 0 Å². The quantitative estimate of drug-likeness (QED) is 0.322. The molecule has 0 atom stereocenters. The van der Waals surface area contributed by atoms with Gasteiger partial charge in [0.1, 0.15) is 0 Å². The number of nitrogen functional groups attached to an aromatic ring is 1. The van der Waals surface area contributed by atoms with Crippen molar-refractivity contribution < 1.29 is 14.8 Å². The molecule has 0 aliphatic carbocycles. The number of non-ortho nitro benzene ring substituents is 1. The molecule has 70 valence electrons. The monoisotopic (exact) mass is 222 g/mol. The average molecular weight is 222 g/mol. The fourth-order valence-electron chi connectivity index (χ4n) is 0.843. The van der Waals surface area contributed by atoms with Gasteiger partial charge in [0.2, 0.25) is 0 Å². The summed E-state index contributed by atoms with van der Waals surface area (Å²) in [5.41, 5.74) is 4.76. The van der Waals surface area contributed by atoms with E-state index in [1.807, 2.05) is 0 Å². The third-order valence-electron chi connectivity index (χ3n) is 1.48. The van der Waals surface area contributed by atoms with Crippen LogP contribution in [0, 0.1) is 10.1 Å². The molecule has 0 saturated heterocycles. The zero-order chi connectivity index (χ0) is 10.0. The first-order valence-corrected chi connectivity index (χ1v) is 3.29. The van der Waals surface area contributed by atoms with Crippen molar-refractivity contribution in [3.63, 3.8) is 0 Å². The Hall–Kier alpha value is -0.474. The van der Waals surface area contributed by atoms with Gasteiger partial charge in [-0.1, -0.05) is 0 Å². The number of carbonyl (C=O) groups is 1. The van der Waals surface area contributed by atoms with Gasteiger partial charge in [0.15, 0.2) is 0 Å². The van der Waals surface area contributed by atoms with Crippen molar-refractivity contribution >= 4 is 68.7 Å². The number of anilines is 1. The van der Waals surface area contributed by atoms with Crippen LogP contribution in [0.3, 0.4) is 0 Å². The number of hydrogen-bond donors (Lipinski definition) is 2. The Labute approximate surface area is 122 Å². The van der Waals surface area contributed by atoms with E-state index >= 15 is 0 Å². The minimum atomic E-state index is -1.28. The molecule has 0 aliphatic heterocycles. The molecule has 7 heteroatoms. The molecule has 0 amide bonds. The van der Waals surface area contributed by atoms with Crippen molar-refractivity contribution in [1.29, 1.82) is 0 Å². The van der Waals surface area contributed by atoms with Crippen LogP contribution >= 0.6 is 0 Å². The Balaban J connectivity index is 0.00000169. The molecule has 0 spiro atoms. The van der Waals surface area contributed by atoms with Crippen molar-refractivity contribution in [2.45, 2.75) is 0 Å². The summed E-state index contributed by atoms with van der Waals surface area (Å²) in [6.45, 7) is 0. The number of carboxylic acids is 1. The van der Waals surface area contributed by atoms with Gasteiger partial charge in [-0.15, -0.1) is 0 Å². The average Bonchev–Trinajstić information content (AvgIpc) is 2.04. The number of nitro benzene ring substituents is 1. The van der Waals surface area contributed by atoms with E-state index in [9.17, 15) is 14.9 Å². The molecule has 1 aromatic carbocycles. The summed E-state index contributed by atoms with van der Waals surface area (Å²) in [7, 11) is 0. The van der Waals surface area contributed by atoms with E-state index in [4.69, 9.17) is 10.8 Å². The van der Waals surface area contributed by atoms with Gasteiger partial charge in [0, 0.05) is 17.8 Å². The van der Waals surface area contributed by atoms with E-state index in [2.05, 4.69) is 0 Å². The first-order valence-electron chi connectivity index (χ1n) is 3.29. The number of benzene rings is 1. The topological polar surface area (TPSA) is 106 Å². The first kappa shape index (κ1) is 13.5. The van der Waals surface area contributed by atoms with Crippen LogP contribution in [-0.4, -0.2) is 67.4 Å². The molecule has 3 N–H and O–H groups in total. The Morgan fingerprint density at radius 3 is 2.50 bits per heavy atom. The van der Waals surface area contributed by atoms with Gasteiger partial charge in [-0.25, -0.2) is 4.79 Å². The van der Waals surface area contributed by atoms with Gasteiger partial charge in [-0.2, -0.15) is 0 Å². The van der Waals surface area contributed by atoms with Gasteiger partial charge < -0.3 is 10.8 Å². The number of hydrogen-bond acceptors (Lipinski definition) is 4. The molecule has 0 radical (unpaired) electrons. The summed E-state index contributed by atoms with van der Waals surface area (Å²) in [5.74, 6) is -1.28. The van der Waals surface area contributed by atoms with Gasteiger partial charge in [0.25, 0.3) is 5.69 Å². The Morgan fingerprint density at radius 1 is 1.50 bits per heavy atom. The number of aromatic carboxylic acids is 1. The zero-order valence-corrected chi connectivity index (χ0v) is 6.43. The van der Waals surface area contributed by atoms with Crippen LogP contribution < -0.4 is 5.73 Å². The van der Waals surface area contributed by atoms with E-state index in [1.54, 1.807) is 0 Å². The molecular formula is C7H7KN2O4. The second kappa shape index (κ2) is 5.42. The third kappa shape index (κ3) is 3.03. The summed E-state index contributed by atoms with van der Waals surface area (Å²) in [6.07, 6.45) is 0. The Kier molecular flexibility index (Phi) is 5.23. The second-order valence-corrected chi connectivity index (χ2v) is 2.33. The maximum atomic E-state index is 10.5. The summed E-state index contributed by atoms with van der Waals surface area (Å²) < 4.78 is 0. The number of carboxylic acid groups (broad SMARTS) is 1. The van der Waals surface area contributed by atoms with Crippen LogP contribution in [0.5, 0.6) is 0 Å². The Bertz CT molecular complexity index is 380. The standard InChI is InChI=1S/C7H6N2O4.K.H/c8-6-2-1-4(9(12)13)3-5(6)7(10)11;;/h1-3H,8H2,(H,10,11);;. The number of nitrogens with two attached hydrogens (primary N) is 1. The molecule has 0 heterocycles. The van der Waals surface area contributed by atoms with Crippen molar-refractivity contribution in [2.24, 2.45) is 0 Å². The molecule has 0 aromatic heterocycles.